The van der Waals surface area contributed by atoms with Crippen LogP contribution < -0.4 is 10.0 Å². The molecular formula is C13H21ClN2O2S2. The number of hydrogen-bond donors (Lipinski definition) is 2. The summed E-state index contributed by atoms with van der Waals surface area (Å²) in [5.74, 6) is 0. The first-order chi connectivity index (χ1) is 9.31. The van der Waals surface area contributed by atoms with E-state index in [1.54, 1.807) is 24.8 Å². The van der Waals surface area contributed by atoms with Gasteiger partial charge in [-0.3, -0.25) is 0 Å². The van der Waals surface area contributed by atoms with E-state index in [2.05, 4.69) is 10.0 Å². The molecule has 7 heteroatoms. The molecule has 1 unspecified atom stereocenters. The van der Waals surface area contributed by atoms with E-state index >= 15 is 0 Å². The Morgan fingerprint density at radius 3 is 2.60 bits per heavy atom. The summed E-state index contributed by atoms with van der Waals surface area (Å²) in [6, 6.07) is 3.29. The molecule has 114 valence electrons. The molecule has 1 aromatic rings. The van der Waals surface area contributed by atoms with Crippen molar-refractivity contribution in [3.05, 3.63) is 28.3 Å². The predicted molar refractivity (Wildman–Crippen MR) is 87.1 cm³/mol. The van der Waals surface area contributed by atoms with Crippen LogP contribution in [-0.4, -0.2) is 33.5 Å². The molecule has 0 aromatic heterocycles. The molecular weight excluding hydrogens is 316 g/mol. The van der Waals surface area contributed by atoms with Crippen LogP contribution in [0.3, 0.4) is 0 Å². The molecule has 0 amide bonds. The third-order valence-electron chi connectivity index (χ3n) is 3.05. The lowest BCUT2D eigenvalue weighted by molar-refractivity contribution is 0.580. The Morgan fingerprint density at radius 1 is 1.40 bits per heavy atom. The van der Waals surface area contributed by atoms with E-state index in [0.29, 0.717) is 18.1 Å². The number of thioether (sulfide) groups is 1. The maximum Gasteiger partial charge on any atom is 0.240 e. The molecule has 0 aliphatic carbocycles. The Balaban J connectivity index is 3.11. The van der Waals surface area contributed by atoms with Gasteiger partial charge in [0.25, 0.3) is 0 Å². The quantitative estimate of drug-likeness (QED) is 0.802. The van der Waals surface area contributed by atoms with Crippen LogP contribution >= 0.6 is 23.4 Å². The first-order valence-electron chi connectivity index (χ1n) is 6.28. The monoisotopic (exact) mass is 336 g/mol. The van der Waals surface area contributed by atoms with Crippen LogP contribution in [0.5, 0.6) is 0 Å². The summed E-state index contributed by atoms with van der Waals surface area (Å²) in [4.78, 5) is 0.253. The molecule has 0 aliphatic heterocycles. The molecule has 0 heterocycles. The molecule has 0 bridgehead atoms. The zero-order valence-corrected chi connectivity index (χ0v) is 14.5. The fourth-order valence-corrected chi connectivity index (χ4v) is 3.85. The van der Waals surface area contributed by atoms with Crippen molar-refractivity contribution in [3.8, 4) is 0 Å². The van der Waals surface area contributed by atoms with Crippen LogP contribution in [-0.2, 0) is 16.6 Å². The van der Waals surface area contributed by atoms with E-state index in [1.807, 2.05) is 20.2 Å². The molecule has 1 atom stereocenters. The van der Waals surface area contributed by atoms with Crippen molar-refractivity contribution < 1.29 is 8.42 Å². The normalized spacial score (nSPS) is 13.4. The molecule has 0 fully saturated rings. The average Bonchev–Trinajstić information content (AvgIpc) is 2.40. The second-order valence-electron chi connectivity index (χ2n) is 4.62. The smallest absolute Gasteiger partial charge is 0.240 e. The van der Waals surface area contributed by atoms with Gasteiger partial charge >= 0.3 is 0 Å². The molecule has 20 heavy (non-hydrogen) atoms. The zero-order chi connectivity index (χ0) is 15.3. The van der Waals surface area contributed by atoms with Crippen LogP contribution in [0.2, 0.25) is 5.02 Å². The minimum atomic E-state index is -3.53. The molecule has 1 rings (SSSR count). The van der Waals surface area contributed by atoms with E-state index < -0.39 is 10.0 Å². The minimum Gasteiger partial charge on any atom is -0.316 e. The Morgan fingerprint density at radius 2 is 2.05 bits per heavy atom. The van der Waals surface area contributed by atoms with Gasteiger partial charge in [-0.1, -0.05) is 18.5 Å². The van der Waals surface area contributed by atoms with Crippen LogP contribution in [0, 0.1) is 6.92 Å². The number of sulfonamides is 1. The number of nitrogens with one attached hydrogen (secondary N) is 2. The summed E-state index contributed by atoms with van der Waals surface area (Å²) < 4.78 is 27.4. The van der Waals surface area contributed by atoms with Gasteiger partial charge in [-0.2, -0.15) is 11.8 Å². The highest BCUT2D eigenvalue weighted by Gasteiger charge is 2.20. The van der Waals surface area contributed by atoms with Crippen molar-refractivity contribution in [2.24, 2.45) is 0 Å². The van der Waals surface area contributed by atoms with Gasteiger partial charge in [0.1, 0.15) is 0 Å². The van der Waals surface area contributed by atoms with Crippen LogP contribution in [0.4, 0.5) is 0 Å². The Labute approximate surface area is 130 Å². The van der Waals surface area contributed by atoms with E-state index in [0.717, 1.165) is 11.1 Å². The van der Waals surface area contributed by atoms with Gasteiger partial charge in [-0.15, -0.1) is 0 Å². The van der Waals surface area contributed by atoms with E-state index in [9.17, 15) is 8.42 Å². The second kappa shape index (κ2) is 7.66. The van der Waals surface area contributed by atoms with Crippen molar-refractivity contribution in [2.45, 2.75) is 30.5 Å². The number of rotatable bonds is 7. The van der Waals surface area contributed by atoms with E-state index in [4.69, 9.17) is 11.6 Å². The molecule has 2 N–H and O–H groups in total. The number of hydrogen-bond acceptors (Lipinski definition) is 4. The van der Waals surface area contributed by atoms with Crippen LogP contribution in [0.1, 0.15) is 18.1 Å². The molecule has 0 saturated carbocycles. The van der Waals surface area contributed by atoms with Gasteiger partial charge in [0.15, 0.2) is 0 Å². The minimum absolute atomic E-state index is 0.223. The molecule has 0 radical (unpaired) electrons. The highest BCUT2D eigenvalue weighted by Crippen LogP contribution is 2.24. The van der Waals surface area contributed by atoms with E-state index in [1.165, 1.54) is 6.07 Å². The Bertz CT molecular complexity index is 562. The maximum atomic E-state index is 12.4. The van der Waals surface area contributed by atoms with E-state index in [-0.39, 0.29) is 10.1 Å². The standard InChI is InChI=1S/C13H21ClN2O2S2/c1-9(19-4)7-16-20(17,18)13-6-12(14)5-11(8-15-3)10(13)2/h5-6,9,15-16H,7-8H2,1-4H3. The fraction of sp³-hybridized carbons (Fsp3) is 0.538. The van der Waals surface area contributed by atoms with Crippen LogP contribution in [0.25, 0.3) is 0 Å². The van der Waals surface area contributed by atoms with Crippen molar-refractivity contribution in [1.82, 2.24) is 10.0 Å². The number of halogens is 1. The predicted octanol–water partition coefficient (Wildman–Crippen LogP) is 2.40. The molecule has 0 spiro atoms. The Kier molecular flexibility index (Phi) is 6.81. The maximum absolute atomic E-state index is 12.4. The van der Waals surface area contributed by atoms with Crippen molar-refractivity contribution in [1.29, 1.82) is 0 Å². The third kappa shape index (κ3) is 4.63. The highest BCUT2D eigenvalue weighted by atomic mass is 35.5. The lowest BCUT2D eigenvalue weighted by Gasteiger charge is -2.15. The first-order valence-corrected chi connectivity index (χ1v) is 9.42. The summed E-state index contributed by atoms with van der Waals surface area (Å²) in [6.07, 6.45) is 1.95. The number of benzene rings is 1. The lowest BCUT2D eigenvalue weighted by atomic mass is 10.1. The third-order valence-corrected chi connectivity index (χ3v) is 5.79. The summed E-state index contributed by atoms with van der Waals surface area (Å²) in [5.41, 5.74) is 1.62. The summed E-state index contributed by atoms with van der Waals surface area (Å²) in [7, 11) is -1.72. The van der Waals surface area contributed by atoms with Gasteiger partial charge in [-0.05, 0) is 43.5 Å². The molecule has 4 nitrogen and oxygen atoms in total. The topological polar surface area (TPSA) is 58.2 Å². The zero-order valence-electron chi connectivity index (χ0n) is 12.2. The van der Waals surface area contributed by atoms with Crippen molar-refractivity contribution in [3.63, 3.8) is 0 Å². The van der Waals surface area contributed by atoms with Gasteiger partial charge in [0, 0.05) is 23.4 Å². The summed E-state index contributed by atoms with van der Waals surface area (Å²) in [5, 5.41) is 3.67. The second-order valence-corrected chi connectivity index (χ2v) is 8.06. The van der Waals surface area contributed by atoms with Gasteiger partial charge in [0.2, 0.25) is 10.0 Å². The van der Waals surface area contributed by atoms with Crippen molar-refractivity contribution >= 4 is 33.4 Å². The molecule has 1 aromatic carbocycles. The Hall–Kier alpha value is -0.270. The largest absolute Gasteiger partial charge is 0.316 e. The lowest BCUT2D eigenvalue weighted by Crippen LogP contribution is -2.30. The van der Waals surface area contributed by atoms with Gasteiger partial charge in [0.05, 0.1) is 4.90 Å². The summed E-state index contributed by atoms with van der Waals surface area (Å²) in [6.45, 7) is 4.76. The van der Waals surface area contributed by atoms with Gasteiger partial charge < -0.3 is 5.32 Å². The first kappa shape index (κ1) is 17.8. The van der Waals surface area contributed by atoms with Crippen molar-refractivity contribution in [2.75, 3.05) is 19.8 Å². The van der Waals surface area contributed by atoms with Crippen LogP contribution in [0.15, 0.2) is 17.0 Å². The highest BCUT2D eigenvalue weighted by molar-refractivity contribution is 7.99. The molecule has 0 aliphatic rings. The molecule has 0 saturated heterocycles. The van der Waals surface area contributed by atoms with Gasteiger partial charge in [-0.25, -0.2) is 13.1 Å². The fourth-order valence-electron chi connectivity index (χ4n) is 1.75. The average molecular weight is 337 g/mol. The SMILES string of the molecule is CNCc1cc(Cl)cc(S(=O)(=O)NCC(C)SC)c1C. The summed E-state index contributed by atoms with van der Waals surface area (Å²) >= 11 is 7.65.